The lowest BCUT2D eigenvalue weighted by molar-refractivity contribution is -0.131. The molecular formula is C15H17N3O3. The number of carboxylic acid groups (broad SMARTS) is 1. The number of hydrogen-bond donors (Lipinski definition) is 1. The Morgan fingerprint density at radius 1 is 1.33 bits per heavy atom. The van der Waals surface area contributed by atoms with E-state index >= 15 is 0 Å². The van der Waals surface area contributed by atoms with Crippen LogP contribution in [0.25, 0.3) is 6.08 Å². The van der Waals surface area contributed by atoms with Crippen LogP contribution in [0.1, 0.15) is 17.2 Å². The van der Waals surface area contributed by atoms with E-state index in [1.54, 1.807) is 28.9 Å². The third-order valence-corrected chi connectivity index (χ3v) is 2.83. The Balaban J connectivity index is 1.86. The van der Waals surface area contributed by atoms with Gasteiger partial charge in [-0.1, -0.05) is 12.1 Å². The number of benzene rings is 1. The SMILES string of the molecule is Cc1nc(C)n(CCOc2ccc(C=CC(=O)O)cc2)n1. The summed E-state index contributed by atoms with van der Waals surface area (Å²) in [4.78, 5) is 14.6. The first-order valence-electron chi connectivity index (χ1n) is 6.56. The molecule has 1 aromatic heterocycles. The van der Waals surface area contributed by atoms with Crippen molar-refractivity contribution in [2.45, 2.75) is 20.4 Å². The van der Waals surface area contributed by atoms with Gasteiger partial charge in [-0.2, -0.15) is 5.10 Å². The second-order valence-electron chi connectivity index (χ2n) is 4.52. The normalized spacial score (nSPS) is 11.0. The standard InChI is InChI=1S/C15H17N3O3/c1-11-16-12(2)18(17-11)9-10-21-14-6-3-13(4-7-14)5-8-15(19)20/h3-8H,9-10H2,1-2H3,(H,19,20). The predicted molar refractivity (Wildman–Crippen MR) is 78.1 cm³/mol. The van der Waals surface area contributed by atoms with Crippen LogP contribution in [0.5, 0.6) is 5.75 Å². The van der Waals surface area contributed by atoms with E-state index in [4.69, 9.17) is 9.84 Å². The van der Waals surface area contributed by atoms with Gasteiger partial charge in [0.05, 0.1) is 6.54 Å². The summed E-state index contributed by atoms with van der Waals surface area (Å²) in [5.41, 5.74) is 0.812. The highest BCUT2D eigenvalue weighted by molar-refractivity contribution is 5.85. The largest absolute Gasteiger partial charge is 0.492 e. The summed E-state index contributed by atoms with van der Waals surface area (Å²) in [6, 6.07) is 7.22. The lowest BCUT2D eigenvalue weighted by Gasteiger charge is -2.07. The van der Waals surface area contributed by atoms with Crippen LogP contribution >= 0.6 is 0 Å². The van der Waals surface area contributed by atoms with Crippen molar-refractivity contribution in [3.05, 3.63) is 47.6 Å². The van der Waals surface area contributed by atoms with E-state index in [-0.39, 0.29) is 0 Å². The number of aliphatic carboxylic acids is 1. The molecule has 1 aromatic carbocycles. The first-order chi connectivity index (χ1) is 10.0. The molecule has 6 nitrogen and oxygen atoms in total. The molecule has 0 fully saturated rings. The van der Waals surface area contributed by atoms with Gasteiger partial charge in [-0.25, -0.2) is 14.5 Å². The van der Waals surface area contributed by atoms with Gasteiger partial charge in [0, 0.05) is 6.08 Å². The summed E-state index contributed by atoms with van der Waals surface area (Å²) in [6.07, 6.45) is 2.64. The predicted octanol–water partition coefficient (Wildman–Crippen LogP) is 2.07. The molecule has 0 bridgehead atoms. The molecule has 0 saturated carbocycles. The molecule has 0 spiro atoms. The Morgan fingerprint density at radius 3 is 2.62 bits per heavy atom. The number of carbonyl (C=O) groups is 1. The highest BCUT2D eigenvalue weighted by atomic mass is 16.5. The minimum absolute atomic E-state index is 0.494. The van der Waals surface area contributed by atoms with Crippen molar-refractivity contribution in [2.75, 3.05) is 6.61 Å². The van der Waals surface area contributed by atoms with E-state index in [0.717, 1.165) is 29.0 Å². The molecule has 0 saturated heterocycles. The van der Waals surface area contributed by atoms with Crippen LogP contribution in [0.4, 0.5) is 0 Å². The smallest absolute Gasteiger partial charge is 0.328 e. The monoisotopic (exact) mass is 287 g/mol. The van der Waals surface area contributed by atoms with E-state index in [1.165, 1.54) is 6.08 Å². The van der Waals surface area contributed by atoms with Gasteiger partial charge in [0.15, 0.2) is 0 Å². The van der Waals surface area contributed by atoms with Gasteiger partial charge in [-0.3, -0.25) is 0 Å². The van der Waals surface area contributed by atoms with Crippen LogP contribution in [0.3, 0.4) is 0 Å². The number of nitrogens with zero attached hydrogens (tertiary/aromatic N) is 3. The van der Waals surface area contributed by atoms with Gasteiger partial charge in [-0.15, -0.1) is 0 Å². The Labute approximate surface area is 122 Å². The zero-order chi connectivity index (χ0) is 15.2. The van der Waals surface area contributed by atoms with Gasteiger partial charge >= 0.3 is 5.97 Å². The molecule has 1 heterocycles. The summed E-state index contributed by atoms with van der Waals surface area (Å²) >= 11 is 0. The average Bonchev–Trinajstić information content (AvgIpc) is 2.76. The average molecular weight is 287 g/mol. The number of ether oxygens (including phenoxy) is 1. The Hall–Kier alpha value is -2.63. The second kappa shape index (κ2) is 6.69. The van der Waals surface area contributed by atoms with Gasteiger partial charge < -0.3 is 9.84 Å². The molecule has 2 aromatic rings. The highest BCUT2D eigenvalue weighted by Crippen LogP contribution is 2.13. The summed E-state index contributed by atoms with van der Waals surface area (Å²) in [7, 11) is 0. The topological polar surface area (TPSA) is 77.2 Å². The maximum atomic E-state index is 10.4. The number of aryl methyl sites for hydroxylation is 2. The quantitative estimate of drug-likeness (QED) is 0.823. The molecule has 0 aliphatic heterocycles. The lowest BCUT2D eigenvalue weighted by Crippen LogP contribution is -2.11. The number of hydrogen-bond acceptors (Lipinski definition) is 4. The minimum atomic E-state index is -0.964. The molecule has 0 aliphatic rings. The van der Waals surface area contributed by atoms with Crippen LogP contribution in [0.2, 0.25) is 0 Å². The van der Waals surface area contributed by atoms with Crippen LogP contribution in [-0.4, -0.2) is 32.4 Å². The second-order valence-corrected chi connectivity index (χ2v) is 4.52. The maximum Gasteiger partial charge on any atom is 0.328 e. The lowest BCUT2D eigenvalue weighted by atomic mass is 10.2. The summed E-state index contributed by atoms with van der Waals surface area (Å²) in [5.74, 6) is 1.39. The molecule has 1 N–H and O–H groups in total. The third kappa shape index (κ3) is 4.45. The van der Waals surface area contributed by atoms with Crippen LogP contribution < -0.4 is 4.74 Å². The summed E-state index contributed by atoms with van der Waals surface area (Å²) in [5, 5.41) is 12.8. The van der Waals surface area contributed by atoms with Crippen molar-refractivity contribution in [2.24, 2.45) is 0 Å². The minimum Gasteiger partial charge on any atom is -0.492 e. The summed E-state index contributed by atoms with van der Waals surface area (Å²) in [6.45, 7) is 4.89. The number of rotatable bonds is 6. The van der Waals surface area contributed by atoms with Crippen molar-refractivity contribution in [3.63, 3.8) is 0 Å². The van der Waals surface area contributed by atoms with Crippen molar-refractivity contribution in [1.29, 1.82) is 0 Å². The number of aromatic nitrogens is 3. The molecule has 0 unspecified atom stereocenters. The van der Waals surface area contributed by atoms with Crippen LogP contribution in [0.15, 0.2) is 30.3 Å². The fraction of sp³-hybridized carbons (Fsp3) is 0.267. The first-order valence-corrected chi connectivity index (χ1v) is 6.56. The molecule has 0 aliphatic carbocycles. The van der Waals surface area contributed by atoms with Crippen LogP contribution in [0, 0.1) is 13.8 Å². The van der Waals surface area contributed by atoms with E-state index < -0.39 is 5.97 Å². The molecule has 21 heavy (non-hydrogen) atoms. The Morgan fingerprint density at radius 2 is 2.05 bits per heavy atom. The fourth-order valence-electron chi connectivity index (χ4n) is 1.87. The number of carboxylic acids is 1. The van der Waals surface area contributed by atoms with E-state index in [9.17, 15) is 4.79 Å². The van der Waals surface area contributed by atoms with E-state index in [1.807, 2.05) is 13.8 Å². The van der Waals surface area contributed by atoms with Gasteiger partial charge in [0.25, 0.3) is 0 Å². The van der Waals surface area contributed by atoms with E-state index in [0.29, 0.717) is 13.2 Å². The van der Waals surface area contributed by atoms with E-state index in [2.05, 4.69) is 10.1 Å². The molecular weight excluding hydrogens is 270 g/mol. The summed E-state index contributed by atoms with van der Waals surface area (Å²) < 4.78 is 7.43. The van der Waals surface area contributed by atoms with Crippen molar-refractivity contribution in [3.8, 4) is 5.75 Å². The Kier molecular flexibility index (Phi) is 4.71. The highest BCUT2D eigenvalue weighted by Gasteiger charge is 2.02. The molecule has 110 valence electrons. The molecule has 0 amide bonds. The third-order valence-electron chi connectivity index (χ3n) is 2.83. The molecule has 0 radical (unpaired) electrons. The zero-order valence-electron chi connectivity index (χ0n) is 12.0. The van der Waals surface area contributed by atoms with Crippen molar-refractivity contribution >= 4 is 12.0 Å². The fourth-order valence-corrected chi connectivity index (χ4v) is 1.87. The van der Waals surface area contributed by atoms with Gasteiger partial charge in [0.2, 0.25) is 0 Å². The Bertz CT molecular complexity index is 645. The first kappa shape index (κ1) is 14.8. The maximum absolute atomic E-state index is 10.4. The molecule has 0 atom stereocenters. The molecule has 2 rings (SSSR count). The van der Waals surface area contributed by atoms with Gasteiger partial charge in [0.1, 0.15) is 24.0 Å². The van der Waals surface area contributed by atoms with Crippen LogP contribution in [-0.2, 0) is 11.3 Å². The zero-order valence-corrected chi connectivity index (χ0v) is 12.0. The van der Waals surface area contributed by atoms with Crippen molar-refractivity contribution < 1.29 is 14.6 Å². The van der Waals surface area contributed by atoms with Gasteiger partial charge in [-0.05, 0) is 37.6 Å². The molecule has 6 heteroatoms. The van der Waals surface area contributed by atoms with Crippen molar-refractivity contribution in [1.82, 2.24) is 14.8 Å².